The lowest BCUT2D eigenvalue weighted by Gasteiger charge is -2.11. The lowest BCUT2D eigenvalue weighted by molar-refractivity contribution is 1.28. The Kier molecular flexibility index (Phi) is 4.85. The van der Waals surface area contributed by atoms with Crippen molar-refractivity contribution in [2.75, 3.05) is 0 Å². The smallest absolute Gasteiger partial charge is 0.00959 e. The highest BCUT2D eigenvalue weighted by atomic mass is 31.0. The van der Waals surface area contributed by atoms with Gasteiger partial charge in [0.05, 0.1) is 0 Å². The van der Waals surface area contributed by atoms with Crippen LogP contribution < -0.4 is 0 Å². The molecule has 0 amide bonds. The minimum absolute atomic E-state index is 1.01. The van der Waals surface area contributed by atoms with Gasteiger partial charge in [-0.05, 0) is 89.0 Å². The molecule has 0 N–H and O–H groups in total. The molecule has 3 heteroatoms. The van der Waals surface area contributed by atoms with E-state index in [9.17, 15) is 0 Å². The maximum absolute atomic E-state index is 2.87. The minimum Gasteiger partial charge on any atom is -0.133 e. The summed E-state index contributed by atoms with van der Waals surface area (Å²) in [6, 6.07) is 11.7. The lowest BCUT2D eigenvalue weighted by Crippen LogP contribution is -1.92. The van der Waals surface area contributed by atoms with Gasteiger partial charge in [0.15, 0.2) is 0 Å². The number of allylic oxidation sites excluding steroid dienone is 1. The van der Waals surface area contributed by atoms with E-state index in [1.54, 1.807) is 0 Å². The van der Waals surface area contributed by atoms with Crippen LogP contribution in [0.3, 0.4) is 0 Å². The molecule has 0 spiro atoms. The first-order valence-corrected chi connectivity index (χ1v) is 10.1. The van der Waals surface area contributed by atoms with Crippen LogP contribution in [-0.2, 0) is 18.5 Å². The van der Waals surface area contributed by atoms with Gasteiger partial charge in [0, 0.05) is 0 Å². The van der Waals surface area contributed by atoms with Gasteiger partial charge in [-0.15, -0.1) is 27.7 Å². The number of hydrogen-bond acceptors (Lipinski definition) is 0. The highest BCUT2D eigenvalue weighted by Gasteiger charge is 2.25. The fourth-order valence-corrected chi connectivity index (χ4v) is 4.36. The van der Waals surface area contributed by atoms with E-state index in [0.717, 1.165) is 18.5 Å². The van der Waals surface area contributed by atoms with E-state index in [-0.39, 0.29) is 0 Å². The molecule has 0 aliphatic heterocycles. The van der Waals surface area contributed by atoms with Crippen molar-refractivity contribution in [2.45, 2.75) is 32.3 Å². The molecule has 1 aliphatic rings. The van der Waals surface area contributed by atoms with Crippen LogP contribution in [0.5, 0.6) is 0 Å². The number of fused-ring (bicyclic) bond motifs is 3. The van der Waals surface area contributed by atoms with Crippen molar-refractivity contribution in [3.05, 3.63) is 63.7 Å². The molecule has 1 aliphatic carbocycles. The number of benzene rings is 2. The van der Waals surface area contributed by atoms with Crippen LogP contribution >= 0.6 is 27.7 Å². The Labute approximate surface area is 140 Å². The predicted octanol–water partition coefficient (Wildman–Crippen LogP) is 5.63. The van der Waals surface area contributed by atoms with Gasteiger partial charge < -0.3 is 0 Å². The average Bonchev–Trinajstić information content (AvgIpc) is 2.85. The molecule has 0 fully saturated rings. The minimum atomic E-state index is 1.01. The van der Waals surface area contributed by atoms with Crippen molar-refractivity contribution in [3.63, 3.8) is 0 Å². The molecular formula is C19H23P3. The molecule has 22 heavy (non-hydrogen) atoms. The van der Waals surface area contributed by atoms with E-state index in [2.05, 4.69) is 71.9 Å². The van der Waals surface area contributed by atoms with Gasteiger partial charge in [0.25, 0.3) is 0 Å². The summed E-state index contributed by atoms with van der Waals surface area (Å²) in [6.45, 7) is 4.46. The third-order valence-electron chi connectivity index (χ3n) is 4.43. The fourth-order valence-electron chi connectivity index (χ4n) is 3.34. The molecule has 0 bridgehead atoms. The molecule has 0 saturated heterocycles. The summed E-state index contributed by atoms with van der Waals surface area (Å²) >= 11 is 0. The molecule has 0 heterocycles. The van der Waals surface area contributed by atoms with Gasteiger partial charge in [0.2, 0.25) is 0 Å². The van der Waals surface area contributed by atoms with Gasteiger partial charge in [-0.1, -0.05) is 23.8 Å². The summed E-state index contributed by atoms with van der Waals surface area (Å²) in [5, 5.41) is 0. The molecule has 3 unspecified atom stereocenters. The second-order valence-corrected chi connectivity index (χ2v) is 7.26. The average molecular weight is 344 g/mol. The van der Waals surface area contributed by atoms with Crippen LogP contribution in [0.15, 0.2) is 35.9 Å². The van der Waals surface area contributed by atoms with Crippen LogP contribution in [0.2, 0.25) is 0 Å². The van der Waals surface area contributed by atoms with E-state index in [4.69, 9.17) is 0 Å². The molecule has 0 saturated carbocycles. The van der Waals surface area contributed by atoms with Crippen molar-refractivity contribution in [2.24, 2.45) is 0 Å². The molecule has 3 rings (SSSR count). The van der Waals surface area contributed by atoms with Crippen molar-refractivity contribution < 1.29 is 0 Å². The third kappa shape index (κ3) is 2.61. The Hall–Kier alpha value is -0.530. The van der Waals surface area contributed by atoms with Crippen molar-refractivity contribution in [1.82, 2.24) is 0 Å². The summed E-state index contributed by atoms with van der Waals surface area (Å²) in [4.78, 5) is 0. The zero-order chi connectivity index (χ0) is 15.9. The zero-order valence-electron chi connectivity index (χ0n) is 13.2. The van der Waals surface area contributed by atoms with Crippen molar-refractivity contribution in [1.29, 1.82) is 0 Å². The highest BCUT2D eigenvalue weighted by Crippen LogP contribution is 2.47. The van der Waals surface area contributed by atoms with E-state index in [1.165, 1.54) is 50.1 Å². The monoisotopic (exact) mass is 344 g/mol. The first kappa shape index (κ1) is 16.3. The van der Waals surface area contributed by atoms with E-state index >= 15 is 0 Å². The topological polar surface area (TPSA) is 0 Å². The number of rotatable bonds is 3. The molecule has 2 aromatic carbocycles. The predicted molar refractivity (Wildman–Crippen MR) is 109 cm³/mol. The van der Waals surface area contributed by atoms with Crippen molar-refractivity contribution >= 4 is 33.3 Å². The molecule has 0 nitrogen and oxygen atoms in total. The molecule has 114 valence electrons. The van der Waals surface area contributed by atoms with Gasteiger partial charge >= 0.3 is 0 Å². The van der Waals surface area contributed by atoms with Crippen LogP contribution in [0.25, 0.3) is 16.7 Å². The first-order chi connectivity index (χ1) is 10.6. The molecule has 3 atom stereocenters. The lowest BCUT2D eigenvalue weighted by atomic mass is 9.96. The van der Waals surface area contributed by atoms with Crippen LogP contribution in [-0.4, -0.2) is 0 Å². The molecule has 0 aromatic heterocycles. The van der Waals surface area contributed by atoms with Gasteiger partial charge in [0.1, 0.15) is 0 Å². The first-order valence-electron chi connectivity index (χ1n) is 7.68. The maximum atomic E-state index is 2.87. The van der Waals surface area contributed by atoms with Gasteiger partial charge in [-0.25, -0.2) is 0 Å². The fraction of sp³-hybridized carbons (Fsp3) is 0.263. The Morgan fingerprint density at radius 2 is 1.32 bits per heavy atom. The normalized spacial score (nSPS) is 12.3. The third-order valence-corrected chi connectivity index (χ3v) is 5.78. The molecule has 2 aromatic rings. The SMILES string of the molecule is CC(C)=C1c2cc(CP)ccc2-c2cc(CP)c(CP)cc21. The summed E-state index contributed by atoms with van der Waals surface area (Å²) < 4.78 is 0. The van der Waals surface area contributed by atoms with E-state index in [1.807, 2.05) is 0 Å². The Balaban J connectivity index is 2.33. The van der Waals surface area contributed by atoms with E-state index in [0.29, 0.717) is 0 Å². The quantitative estimate of drug-likeness (QED) is 0.540. The highest BCUT2D eigenvalue weighted by molar-refractivity contribution is 7.16. The Morgan fingerprint density at radius 3 is 1.86 bits per heavy atom. The molecule has 0 radical (unpaired) electrons. The largest absolute Gasteiger partial charge is 0.133 e. The summed E-state index contributed by atoms with van der Waals surface area (Å²) in [5.41, 5.74) is 12.7. The molecular weight excluding hydrogens is 321 g/mol. The second-order valence-electron chi connectivity index (χ2n) is 6.03. The van der Waals surface area contributed by atoms with E-state index < -0.39 is 0 Å². The maximum Gasteiger partial charge on any atom is -0.00959 e. The van der Waals surface area contributed by atoms with Crippen LogP contribution in [0, 0.1) is 0 Å². The van der Waals surface area contributed by atoms with Crippen LogP contribution in [0.4, 0.5) is 0 Å². The number of hydrogen-bond donors (Lipinski definition) is 0. The summed E-state index contributed by atoms with van der Waals surface area (Å²) in [7, 11) is 8.57. The van der Waals surface area contributed by atoms with Crippen LogP contribution in [0.1, 0.15) is 41.7 Å². The Morgan fingerprint density at radius 1 is 0.727 bits per heavy atom. The van der Waals surface area contributed by atoms with Gasteiger partial charge in [-0.2, -0.15) is 0 Å². The zero-order valence-corrected chi connectivity index (χ0v) is 16.7. The summed E-state index contributed by atoms with van der Waals surface area (Å²) in [5.74, 6) is 0. The van der Waals surface area contributed by atoms with Gasteiger partial charge in [-0.3, -0.25) is 0 Å². The Bertz CT molecular complexity index is 768. The standard InChI is InChI=1S/C19H23P3/c1-11(2)19-17-5-12(8-20)3-4-15(17)16-6-13(9-21)14(10-22)7-18(16)19/h3-7H,8-10,20-22H2,1-2H3. The summed E-state index contributed by atoms with van der Waals surface area (Å²) in [6.07, 6.45) is 3.04. The second kappa shape index (κ2) is 6.53. The van der Waals surface area contributed by atoms with Crippen molar-refractivity contribution in [3.8, 4) is 11.1 Å².